The molecule has 0 saturated heterocycles. The third-order valence-electron chi connectivity index (χ3n) is 3.65. The highest BCUT2D eigenvalue weighted by Crippen LogP contribution is 2.29. The van der Waals surface area contributed by atoms with Gasteiger partial charge < -0.3 is 9.67 Å². The highest BCUT2D eigenvalue weighted by molar-refractivity contribution is 6.03. The van der Waals surface area contributed by atoms with Gasteiger partial charge in [0.25, 0.3) is 0 Å². The van der Waals surface area contributed by atoms with Crippen molar-refractivity contribution in [2.24, 2.45) is 0 Å². The number of aromatic nitrogens is 1. The number of rotatable bonds is 3. The van der Waals surface area contributed by atoms with Crippen molar-refractivity contribution < 1.29 is 23.1 Å². The Morgan fingerprint density at radius 3 is 2.30 bits per heavy atom. The van der Waals surface area contributed by atoms with Crippen LogP contribution < -0.4 is 0 Å². The second-order valence-corrected chi connectivity index (χ2v) is 5.19. The molecule has 1 aromatic heterocycles. The number of alkyl halides is 3. The summed E-state index contributed by atoms with van der Waals surface area (Å²) in [5.41, 5.74) is 0.859. The van der Waals surface area contributed by atoms with E-state index in [9.17, 15) is 23.1 Å². The molecule has 3 rings (SSSR count). The van der Waals surface area contributed by atoms with E-state index in [4.69, 9.17) is 0 Å². The van der Waals surface area contributed by atoms with Gasteiger partial charge in [0.05, 0.1) is 11.1 Å². The largest absolute Gasteiger partial charge is 0.478 e. The Morgan fingerprint density at radius 2 is 1.70 bits per heavy atom. The van der Waals surface area contributed by atoms with Gasteiger partial charge in [-0.2, -0.15) is 13.2 Å². The first kappa shape index (κ1) is 15.1. The zero-order valence-corrected chi connectivity index (χ0v) is 11.8. The second-order valence-electron chi connectivity index (χ2n) is 5.19. The number of aromatic carboxylic acids is 1. The number of para-hydroxylation sites is 1. The number of nitrogens with zero attached hydrogens (tertiary/aromatic N) is 1. The van der Waals surface area contributed by atoms with Crippen molar-refractivity contribution in [1.82, 2.24) is 4.57 Å². The van der Waals surface area contributed by atoms with Crippen molar-refractivity contribution in [3.05, 3.63) is 71.4 Å². The van der Waals surface area contributed by atoms with E-state index in [2.05, 4.69) is 0 Å². The first-order chi connectivity index (χ1) is 10.9. The Balaban J connectivity index is 1.97. The van der Waals surface area contributed by atoms with Crippen LogP contribution in [0.25, 0.3) is 10.9 Å². The van der Waals surface area contributed by atoms with E-state index in [1.807, 2.05) is 0 Å². The molecule has 0 aliphatic carbocycles. The van der Waals surface area contributed by atoms with E-state index < -0.39 is 17.7 Å². The molecule has 0 aliphatic rings. The monoisotopic (exact) mass is 319 g/mol. The molecule has 23 heavy (non-hydrogen) atoms. The number of carboxylic acids is 1. The van der Waals surface area contributed by atoms with Crippen molar-refractivity contribution in [3.63, 3.8) is 0 Å². The number of carbonyl (C=O) groups is 1. The van der Waals surface area contributed by atoms with E-state index in [0.717, 1.165) is 17.6 Å². The van der Waals surface area contributed by atoms with Crippen LogP contribution in [0.3, 0.4) is 0 Å². The topological polar surface area (TPSA) is 42.2 Å². The molecular weight excluding hydrogens is 307 g/mol. The van der Waals surface area contributed by atoms with E-state index >= 15 is 0 Å². The Morgan fingerprint density at radius 1 is 1.04 bits per heavy atom. The Bertz CT molecular complexity index is 864. The lowest BCUT2D eigenvalue weighted by atomic mass is 10.1. The highest BCUT2D eigenvalue weighted by atomic mass is 19.4. The summed E-state index contributed by atoms with van der Waals surface area (Å²) in [5.74, 6) is -1.03. The Hall–Kier alpha value is -2.76. The standard InChI is InChI=1S/C17H12F3NO2/c18-17(19,20)12-7-5-11(6-8-12)9-21-10-14(16(22)23)13-3-1-2-4-15(13)21/h1-8,10H,9H2,(H,22,23). The molecule has 2 aromatic carbocycles. The molecule has 3 aromatic rings. The van der Waals surface area contributed by atoms with Crippen LogP contribution in [0.15, 0.2) is 54.7 Å². The number of benzene rings is 2. The van der Waals surface area contributed by atoms with Crippen LogP contribution in [0.2, 0.25) is 0 Å². The summed E-state index contributed by atoms with van der Waals surface area (Å²) in [6.07, 6.45) is -2.86. The zero-order valence-electron chi connectivity index (χ0n) is 11.8. The predicted octanol–water partition coefficient (Wildman–Crippen LogP) is 4.41. The molecule has 0 amide bonds. The lowest BCUT2D eigenvalue weighted by Gasteiger charge is -2.09. The molecule has 0 atom stereocenters. The molecule has 1 heterocycles. The van der Waals surface area contributed by atoms with E-state index in [0.29, 0.717) is 17.5 Å². The van der Waals surface area contributed by atoms with Gasteiger partial charge in [-0.15, -0.1) is 0 Å². The van der Waals surface area contributed by atoms with Crippen LogP contribution in [0, 0.1) is 0 Å². The highest BCUT2D eigenvalue weighted by Gasteiger charge is 2.29. The molecule has 0 fully saturated rings. The van der Waals surface area contributed by atoms with Crippen molar-refractivity contribution >= 4 is 16.9 Å². The number of hydrogen-bond acceptors (Lipinski definition) is 1. The van der Waals surface area contributed by atoms with Crippen LogP contribution in [-0.2, 0) is 12.7 Å². The molecule has 3 nitrogen and oxygen atoms in total. The molecule has 0 radical (unpaired) electrons. The van der Waals surface area contributed by atoms with Gasteiger partial charge in [0.15, 0.2) is 0 Å². The van der Waals surface area contributed by atoms with Crippen molar-refractivity contribution in [3.8, 4) is 0 Å². The molecule has 1 N–H and O–H groups in total. The fourth-order valence-corrected chi connectivity index (χ4v) is 2.54. The van der Waals surface area contributed by atoms with Gasteiger partial charge in [-0.1, -0.05) is 30.3 Å². The van der Waals surface area contributed by atoms with Crippen LogP contribution in [0.5, 0.6) is 0 Å². The number of carboxylic acid groups (broad SMARTS) is 1. The average Bonchev–Trinajstić information content (AvgIpc) is 2.86. The van der Waals surface area contributed by atoms with Gasteiger partial charge in [0.1, 0.15) is 0 Å². The molecule has 0 saturated carbocycles. The quantitative estimate of drug-likeness (QED) is 0.777. The van der Waals surface area contributed by atoms with Gasteiger partial charge in [-0.05, 0) is 23.8 Å². The van der Waals surface area contributed by atoms with Crippen molar-refractivity contribution in [2.75, 3.05) is 0 Å². The molecule has 0 spiro atoms. The van der Waals surface area contributed by atoms with Gasteiger partial charge in [-0.25, -0.2) is 4.79 Å². The smallest absolute Gasteiger partial charge is 0.416 e. The third kappa shape index (κ3) is 2.92. The van der Waals surface area contributed by atoms with Crippen molar-refractivity contribution in [1.29, 1.82) is 0 Å². The first-order valence-corrected chi connectivity index (χ1v) is 6.83. The summed E-state index contributed by atoms with van der Waals surface area (Å²) >= 11 is 0. The summed E-state index contributed by atoms with van der Waals surface area (Å²) in [7, 11) is 0. The molecule has 0 bridgehead atoms. The summed E-state index contributed by atoms with van der Waals surface area (Å²) in [4.78, 5) is 11.3. The summed E-state index contributed by atoms with van der Waals surface area (Å²) in [6.45, 7) is 0.298. The van der Waals surface area contributed by atoms with Crippen LogP contribution in [0.4, 0.5) is 13.2 Å². The van der Waals surface area contributed by atoms with E-state index in [1.54, 1.807) is 28.8 Å². The van der Waals surface area contributed by atoms with Crippen LogP contribution >= 0.6 is 0 Å². The number of fused-ring (bicyclic) bond motifs is 1. The minimum absolute atomic E-state index is 0.174. The SMILES string of the molecule is O=C(O)c1cn(Cc2ccc(C(F)(F)F)cc2)c2ccccc12. The van der Waals surface area contributed by atoms with Gasteiger partial charge in [0.2, 0.25) is 0 Å². The molecule has 118 valence electrons. The lowest BCUT2D eigenvalue weighted by Crippen LogP contribution is -2.05. The fraction of sp³-hybridized carbons (Fsp3) is 0.118. The van der Waals surface area contributed by atoms with Gasteiger partial charge >= 0.3 is 12.1 Å². The van der Waals surface area contributed by atoms with E-state index in [1.165, 1.54) is 18.3 Å². The first-order valence-electron chi connectivity index (χ1n) is 6.83. The second kappa shape index (κ2) is 5.46. The van der Waals surface area contributed by atoms with Crippen LogP contribution in [-0.4, -0.2) is 15.6 Å². The molecule has 0 aliphatic heterocycles. The minimum Gasteiger partial charge on any atom is -0.478 e. The normalized spacial score (nSPS) is 11.8. The summed E-state index contributed by atoms with van der Waals surface area (Å²) in [5, 5.41) is 9.85. The average molecular weight is 319 g/mol. The summed E-state index contributed by atoms with van der Waals surface area (Å²) < 4.78 is 39.5. The number of halogens is 3. The maximum Gasteiger partial charge on any atom is 0.416 e. The molecule has 0 unspecified atom stereocenters. The molecular formula is C17H12F3NO2. The van der Waals surface area contributed by atoms with E-state index in [-0.39, 0.29) is 5.56 Å². The zero-order chi connectivity index (χ0) is 16.6. The number of hydrogen-bond donors (Lipinski definition) is 1. The Kier molecular flexibility index (Phi) is 3.60. The lowest BCUT2D eigenvalue weighted by molar-refractivity contribution is -0.137. The van der Waals surface area contributed by atoms with Crippen LogP contribution in [0.1, 0.15) is 21.5 Å². The Labute approximate surface area is 129 Å². The fourth-order valence-electron chi connectivity index (χ4n) is 2.54. The maximum atomic E-state index is 12.6. The molecule has 6 heteroatoms. The maximum absolute atomic E-state index is 12.6. The summed E-state index contributed by atoms with van der Waals surface area (Å²) in [6, 6.07) is 11.9. The third-order valence-corrected chi connectivity index (χ3v) is 3.65. The van der Waals surface area contributed by atoms with Gasteiger partial charge in [-0.3, -0.25) is 0 Å². The van der Waals surface area contributed by atoms with Gasteiger partial charge in [0, 0.05) is 23.6 Å². The van der Waals surface area contributed by atoms with Crippen molar-refractivity contribution in [2.45, 2.75) is 12.7 Å². The predicted molar refractivity (Wildman–Crippen MR) is 79.4 cm³/mol. The minimum atomic E-state index is -4.37.